The average molecular weight is 248 g/mol. The number of benzene rings is 1. The largest absolute Gasteiger partial charge is 0.332 e. The van der Waals surface area contributed by atoms with E-state index >= 15 is 0 Å². The highest BCUT2D eigenvalue weighted by atomic mass is 16.2. The van der Waals surface area contributed by atoms with Crippen LogP contribution in [0.1, 0.15) is 20.8 Å². The summed E-state index contributed by atoms with van der Waals surface area (Å²) in [7, 11) is 0. The summed E-state index contributed by atoms with van der Waals surface area (Å²) in [6.45, 7) is 6.86. The highest BCUT2D eigenvalue weighted by molar-refractivity contribution is 5.97. The van der Waals surface area contributed by atoms with E-state index in [0.717, 1.165) is 5.69 Å². The Balaban J connectivity index is 0.000000771. The molecule has 1 aromatic rings. The maximum Gasteiger partial charge on any atom is 0.246 e. The Hall–Kier alpha value is -1.84. The molecule has 0 atom stereocenters. The van der Waals surface area contributed by atoms with Crippen molar-refractivity contribution in [1.82, 2.24) is 4.90 Å². The lowest BCUT2D eigenvalue weighted by Crippen LogP contribution is -2.51. The quantitative estimate of drug-likeness (QED) is 0.761. The Morgan fingerprint density at radius 1 is 1.11 bits per heavy atom. The third kappa shape index (κ3) is 3.32. The number of piperazine rings is 1. The van der Waals surface area contributed by atoms with E-state index in [4.69, 9.17) is 0 Å². The smallest absolute Gasteiger partial charge is 0.246 e. The number of hydrogen-bond acceptors (Lipinski definition) is 2. The van der Waals surface area contributed by atoms with Crippen LogP contribution in [-0.4, -0.2) is 36.3 Å². The molecule has 2 rings (SSSR count). The molecule has 0 aliphatic carbocycles. The van der Waals surface area contributed by atoms with Crippen LogP contribution >= 0.6 is 0 Å². The van der Waals surface area contributed by atoms with E-state index < -0.39 is 0 Å². The molecule has 4 nitrogen and oxygen atoms in total. The van der Waals surface area contributed by atoms with Crippen molar-refractivity contribution in [3.8, 4) is 0 Å². The summed E-state index contributed by atoms with van der Waals surface area (Å²) >= 11 is 0. The number of carbonyl (C=O) groups is 2. The number of amides is 2. The van der Waals surface area contributed by atoms with E-state index in [1.54, 1.807) is 9.80 Å². The van der Waals surface area contributed by atoms with Crippen LogP contribution in [0.4, 0.5) is 5.69 Å². The second-order valence-corrected chi connectivity index (χ2v) is 3.82. The first-order valence-electron chi connectivity index (χ1n) is 6.29. The van der Waals surface area contributed by atoms with Gasteiger partial charge in [-0.25, -0.2) is 0 Å². The van der Waals surface area contributed by atoms with Gasteiger partial charge < -0.3 is 9.80 Å². The van der Waals surface area contributed by atoms with Gasteiger partial charge in [-0.2, -0.15) is 0 Å². The minimum absolute atomic E-state index is 0.0207. The fraction of sp³-hybridized carbons (Fsp3) is 0.429. The average Bonchev–Trinajstić information content (AvgIpc) is 2.42. The summed E-state index contributed by atoms with van der Waals surface area (Å²) in [5, 5.41) is 0. The summed E-state index contributed by atoms with van der Waals surface area (Å²) in [6, 6.07) is 9.53. The molecule has 0 unspecified atom stereocenters. The number of nitrogens with zero attached hydrogens (tertiary/aromatic N) is 2. The molecule has 0 aromatic heterocycles. The van der Waals surface area contributed by atoms with E-state index in [2.05, 4.69) is 0 Å². The van der Waals surface area contributed by atoms with E-state index in [0.29, 0.717) is 13.1 Å². The number of rotatable bonds is 1. The van der Waals surface area contributed by atoms with E-state index in [1.807, 2.05) is 44.2 Å². The molecule has 0 spiro atoms. The van der Waals surface area contributed by atoms with Gasteiger partial charge in [0, 0.05) is 25.7 Å². The topological polar surface area (TPSA) is 40.6 Å². The van der Waals surface area contributed by atoms with Crippen molar-refractivity contribution in [2.24, 2.45) is 0 Å². The molecule has 0 N–H and O–H groups in total. The number of para-hydroxylation sites is 1. The van der Waals surface area contributed by atoms with Gasteiger partial charge in [0.25, 0.3) is 0 Å². The minimum atomic E-state index is -0.0407. The monoisotopic (exact) mass is 248 g/mol. The third-order valence-corrected chi connectivity index (χ3v) is 2.73. The zero-order valence-corrected chi connectivity index (χ0v) is 11.2. The summed E-state index contributed by atoms with van der Waals surface area (Å²) in [6.07, 6.45) is 0. The number of anilines is 1. The Labute approximate surface area is 108 Å². The molecule has 0 bridgehead atoms. The van der Waals surface area contributed by atoms with Crippen LogP contribution in [-0.2, 0) is 9.59 Å². The zero-order valence-electron chi connectivity index (χ0n) is 11.2. The minimum Gasteiger partial charge on any atom is -0.332 e. The van der Waals surface area contributed by atoms with Crippen LogP contribution in [0.3, 0.4) is 0 Å². The van der Waals surface area contributed by atoms with Gasteiger partial charge in [-0.3, -0.25) is 9.59 Å². The third-order valence-electron chi connectivity index (χ3n) is 2.73. The van der Waals surface area contributed by atoms with Gasteiger partial charge in [-0.05, 0) is 12.1 Å². The lowest BCUT2D eigenvalue weighted by Gasteiger charge is -2.33. The fourth-order valence-corrected chi connectivity index (χ4v) is 1.82. The standard InChI is InChI=1S/C12H14N2O2.C2H6/c1-10(15)13-7-8-14(12(16)9-13)11-5-3-2-4-6-11;1-2/h2-6H,7-9H2,1H3;1-2H3. The molecule has 1 heterocycles. The lowest BCUT2D eigenvalue weighted by atomic mass is 10.2. The van der Waals surface area contributed by atoms with Crippen molar-refractivity contribution >= 4 is 17.5 Å². The van der Waals surface area contributed by atoms with Crippen molar-refractivity contribution in [3.63, 3.8) is 0 Å². The summed E-state index contributed by atoms with van der Waals surface area (Å²) in [4.78, 5) is 26.3. The Bertz CT molecular complexity index is 404. The van der Waals surface area contributed by atoms with Gasteiger partial charge in [0.05, 0.1) is 0 Å². The van der Waals surface area contributed by atoms with Crippen LogP contribution in [0.25, 0.3) is 0 Å². The Morgan fingerprint density at radius 2 is 1.72 bits per heavy atom. The van der Waals surface area contributed by atoms with Gasteiger partial charge in [-0.15, -0.1) is 0 Å². The second kappa shape index (κ2) is 6.79. The predicted octanol–water partition coefficient (Wildman–Crippen LogP) is 1.91. The molecule has 0 saturated carbocycles. The highest BCUT2D eigenvalue weighted by Crippen LogP contribution is 2.16. The number of carbonyl (C=O) groups excluding carboxylic acids is 2. The SMILES string of the molecule is CC.CC(=O)N1CCN(c2ccccc2)C(=O)C1. The highest BCUT2D eigenvalue weighted by Gasteiger charge is 2.25. The first-order chi connectivity index (χ1) is 8.68. The molecule has 1 fully saturated rings. The first kappa shape index (κ1) is 14.2. The first-order valence-corrected chi connectivity index (χ1v) is 6.29. The van der Waals surface area contributed by atoms with Gasteiger partial charge >= 0.3 is 0 Å². The molecule has 1 saturated heterocycles. The Kier molecular flexibility index (Phi) is 5.36. The summed E-state index contributed by atoms with van der Waals surface area (Å²) in [5.74, 6) is -0.0614. The molecule has 0 radical (unpaired) electrons. The van der Waals surface area contributed by atoms with Crippen LogP contribution in [0.2, 0.25) is 0 Å². The Morgan fingerprint density at radius 3 is 2.22 bits per heavy atom. The molecular weight excluding hydrogens is 228 g/mol. The van der Waals surface area contributed by atoms with Crippen LogP contribution in [0.15, 0.2) is 30.3 Å². The zero-order chi connectivity index (χ0) is 13.5. The normalized spacial score (nSPS) is 14.9. The van der Waals surface area contributed by atoms with Crippen molar-refractivity contribution in [2.75, 3.05) is 24.5 Å². The molecule has 98 valence electrons. The molecule has 1 aliphatic rings. The molecule has 4 heteroatoms. The maximum absolute atomic E-state index is 11.8. The van der Waals surface area contributed by atoms with Crippen molar-refractivity contribution in [3.05, 3.63) is 30.3 Å². The number of hydrogen-bond donors (Lipinski definition) is 0. The second-order valence-electron chi connectivity index (χ2n) is 3.82. The predicted molar refractivity (Wildman–Crippen MR) is 72.4 cm³/mol. The molecule has 2 amide bonds. The van der Waals surface area contributed by atoms with Crippen LogP contribution < -0.4 is 4.90 Å². The lowest BCUT2D eigenvalue weighted by molar-refractivity contribution is -0.135. The van der Waals surface area contributed by atoms with Crippen molar-refractivity contribution in [2.45, 2.75) is 20.8 Å². The molecule has 18 heavy (non-hydrogen) atoms. The summed E-state index contributed by atoms with van der Waals surface area (Å²) in [5.41, 5.74) is 0.899. The fourth-order valence-electron chi connectivity index (χ4n) is 1.82. The van der Waals surface area contributed by atoms with E-state index in [9.17, 15) is 9.59 Å². The summed E-state index contributed by atoms with van der Waals surface area (Å²) < 4.78 is 0. The van der Waals surface area contributed by atoms with Crippen molar-refractivity contribution in [1.29, 1.82) is 0 Å². The maximum atomic E-state index is 11.8. The molecular formula is C14H20N2O2. The van der Waals surface area contributed by atoms with E-state index in [-0.39, 0.29) is 18.4 Å². The van der Waals surface area contributed by atoms with Gasteiger partial charge in [0.15, 0.2) is 0 Å². The molecule has 1 aliphatic heterocycles. The van der Waals surface area contributed by atoms with Crippen LogP contribution in [0, 0.1) is 0 Å². The van der Waals surface area contributed by atoms with Crippen LogP contribution in [0.5, 0.6) is 0 Å². The van der Waals surface area contributed by atoms with Crippen molar-refractivity contribution < 1.29 is 9.59 Å². The van der Waals surface area contributed by atoms with Gasteiger partial charge in [0.2, 0.25) is 11.8 Å². The van der Waals surface area contributed by atoms with Gasteiger partial charge in [0.1, 0.15) is 6.54 Å². The van der Waals surface area contributed by atoms with Gasteiger partial charge in [-0.1, -0.05) is 32.0 Å². The van der Waals surface area contributed by atoms with E-state index in [1.165, 1.54) is 6.92 Å². The molecule has 1 aromatic carbocycles.